The molecule has 2 rings (SSSR count). The molecule has 0 atom stereocenters. The number of anilines is 1. The molecule has 1 amide bonds. The van der Waals surface area contributed by atoms with Crippen LogP contribution in [0.2, 0.25) is 0 Å². The SMILES string of the molecule is O=C(O)Cc1csc(NC(=O)c2cn[nH]n2)n1. The van der Waals surface area contributed by atoms with Crippen LogP contribution in [0.4, 0.5) is 5.13 Å². The Kier molecular flexibility index (Phi) is 3.10. The second-order valence-corrected chi connectivity index (χ2v) is 3.88. The van der Waals surface area contributed by atoms with Crippen LogP contribution in [0.3, 0.4) is 0 Å². The van der Waals surface area contributed by atoms with Crippen molar-refractivity contribution in [1.29, 1.82) is 0 Å². The van der Waals surface area contributed by atoms with Gasteiger partial charge in [0.15, 0.2) is 10.8 Å². The number of carboxylic acids is 1. The van der Waals surface area contributed by atoms with Gasteiger partial charge in [-0.15, -0.1) is 11.3 Å². The van der Waals surface area contributed by atoms with Gasteiger partial charge in [-0.1, -0.05) is 0 Å². The molecule has 2 heterocycles. The Labute approximate surface area is 98.7 Å². The fourth-order valence-electron chi connectivity index (χ4n) is 1.07. The number of carbonyl (C=O) groups is 2. The second kappa shape index (κ2) is 4.70. The molecule has 3 N–H and O–H groups in total. The highest BCUT2D eigenvalue weighted by molar-refractivity contribution is 7.14. The highest BCUT2D eigenvalue weighted by Gasteiger charge is 2.12. The lowest BCUT2D eigenvalue weighted by atomic mass is 10.3. The third-order valence-electron chi connectivity index (χ3n) is 1.75. The van der Waals surface area contributed by atoms with E-state index in [1.807, 2.05) is 0 Å². The molecule has 0 fully saturated rings. The van der Waals surface area contributed by atoms with E-state index in [9.17, 15) is 9.59 Å². The number of H-pyrrole nitrogens is 1. The number of hydrogen-bond acceptors (Lipinski definition) is 6. The first-order valence-electron chi connectivity index (χ1n) is 4.48. The normalized spacial score (nSPS) is 10.1. The summed E-state index contributed by atoms with van der Waals surface area (Å²) >= 11 is 1.15. The zero-order chi connectivity index (χ0) is 12.3. The average Bonchev–Trinajstić information content (AvgIpc) is 2.87. The molecule has 0 aliphatic rings. The summed E-state index contributed by atoms with van der Waals surface area (Å²) in [7, 11) is 0. The highest BCUT2D eigenvalue weighted by atomic mass is 32.1. The Morgan fingerprint density at radius 1 is 1.53 bits per heavy atom. The number of aromatic amines is 1. The molecular weight excluding hydrogens is 246 g/mol. The van der Waals surface area contributed by atoms with E-state index in [0.717, 1.165) is 11.3 Å². The van der Waals surface area contributed by atoms with Crippen LogP contribution in [0.15, 0.2) is 11.6 Å². The number of hydrogen-bond donors (Lipinski definition) is 3. The molecule has 0 aromatic carbocycles. The first-order valence-corrected chi connectivity index (χ1v) is 5.36. The van der Waals surface area contributed by atoms with Gasteiger partial charge in [0.25, 0.3) is 5.91 Å². The van der Waals surface area contributed by atoms with Crippen LogP contribution in [0.5, 0.6) is 0 Å². The summed E-state index contributed by atoms with van der Waals surface area (Å²) in [6.45, 7) is 0. The summed E-state index contributed by atoms with van der Waals surface area (Å²) in [5, 5.41) is 22.4. The second-order valence-electron chi connectivity index (χ2n) is 3.02. The van der Waals surface area contributed by atoms with Crippen molar-refractivity contribution in [2.24, 2.45) is 0 Å². The van der Waals surface area contributed by atoms with Gasteiger partial charge in [-0.25, -0.2) is 4.98 Å². The van der Waals surface area contributed by atoms with Crippen molar-refractivity contribution in [3.8, 4) is 0 Å². The number of aliphatic carboxylic acids is 1. The number of nitrogens with zero attached hydrogens (tertiary/aromatic N) is 3. The molecule has 2 aromatic rings. The molecule has 0 aliphatic heterocycles. The molecule has 17 heavy (non-hydrogen) atoms. The van der Waals surface area contributed by atoms with Gasteiger partial charge in [0, 0.05) is 5.38 Å². The third-order valence-corrected chi connectivity index (χ3v) is 2.56. The Balaban J connectivity index is 2.02. The molecule has 0 unspecified atom stereocenters. The molecule has 0 saturated carbocycles. The maximum absolute atomic E-state index is 11.5. The lowest BCUT2D eigenvalue weighted by Crippen LogP contribution is -2.12. The summed E-state index contributed by atoms with van der Waals surface area (Å²) in [6.07, 6.45) is 1.11. The fourth-order valence-corrected chi connectivity index (χ4v) is 1.78. The van der Waals surface area contributed by atoms with E-state index in [1.165, 1.54) is 6.20 Å². The predicted molar refractivity (Wildman–Crippen MR) is 57.8 cm³/mol. The molecule has 0 aliphatic carbocycles. The first kappa shape index (κ1) is 11.2. The summed E-state index contributed by atoms with van der Waals surface area (Å²) in [4.78, 5) is 25.9. The number of carboxylic acid groups (broad SMARTS) is 1. The van der Waals surface area contributed by atoms with E-state index in [1.54, 1.807) is 5.38 Å². The van der Waals surface area contributed by atoms with Crippen LogP contribution in [0.25, 0.3) is 0 Å². The standard InChI is InChI=1S/C8H7N5O3S/c14-6(15)1-4-3-17-8(10-4)11-7(16)5-2-9-13-12-5/h2-3H,1H2,(H,14,15)(H,9,12,13)(H,10,11,16). The largest absolute Gasteiger partial charge is 0.481 e. The van der Waals surface area contributed by atoms with Gasteiger partial charge < -0.3 is 5.11 Å². The number of carbonyl (C=O) groups excluding carboxylic acids is 1. The lowest BCUT2D eigenvalue weighted by Gasteiger charge is -1.96. The monoisotopic (exact) mass is 253 g/mol. The van der Waals surface area contributed by atoms with E-state index in [4.69, 9.17) is 5.11 Å². The van der Waals surface area contributed by atoms with E-state index in [0.29, 0.717) is 10.8 Å². The van der Waals surface area contributed by atoms with Gasteiger partial charge in [-0.2, -0.15) is 15.4 Å². The van der Waals surface area contributed by atoms with Gasteiger partial charge >= 0.3 is 5.97 Å². The first-order chi connectivity index (χ1) is 8.15. The highest BCUT2D eigenvalue weighted by Crippen LogP contribution is 2.16. The maximum atomic E-state index is 11.5. The Hall–Kier alpha value is -2.29. The molecule has 88 valence electrons. The molecular formula is C8H7N5O3S. The van der Waals surface area contributed by atoms with Gasteiger partial charge in [-0.05, 0) is 0 Å². The summed E-state index contributed by atoms with van der Waals surface area (Å²) in [5.41, 5.74) is 0.540. The van der Waals surface area contributed by atoms with E-state index in [-0.39, 0.29) is 12.1 Å². The van der Waals surface area contributed by atoms with Crippen molar-refractivity contribution >= 4 is 28.3 Å². The van der Waals surface area contributed by atoms with Crippen molar-refractivity contribution in [2.45, 2.75) is 6.42 Å². The Morgan fingerprint density at radius 2 is 2.35 bits per heavy atom. The van der Waals surface area contributed by atoms with E-state index >= 15 is 0 Å². The smallest absolute Gasteiger partial charge is 0.309 e. The Morgan fingerprint density at radius 3 is 3.00 bits per heavy atom. The Bertz CT molecular complexity index is 535. The zero-order valence-corrected chi connectivity index (χ0v) is 9.19. The topological polar surface area (TPSA) is 121 Å². The number of nitrogens with one attached hydrogen (secondary N) is 2. The van der Waals surface area contributed by atoms with Gasteiger partial charge in [0.1, 0.15) is 0 Å². The number of amides is 1. The zero-order valence-electron chi connectivity index (χ0n) is 8.38. The molecule has 0 saturated heterocycles. The van der Waals surface area contributed by atoms with Crippen molar-refractivity contribution in [2.75, 3.05) is 5.32 Å². The van der Waals surface area contributed by atoms with Crippen molar-refractivity contribution < 1.29 is 14.7 Å². The van der Waals surface area contributed by atoms with Gasteiger partial charge in [0.2, 0.25) is 0 Å². The molecule has 0 bridgehead atoms. The molecule has 8 nitrogen and oxygen atoms in total. The minimum Gasteiger partial charge on any atom is -0.481 e. The number of rotatable bonds is 4. The van der Waals surface area contributed by atoms with Crippen LogP contribution in [-0.2, 0) is 11.2 Å². The van der Waals surface area contributed by atoms with Crippen LogP contribution in [-0.4, -0.2) is 37.4 Å². The van der Waals surface area contributed by atoms with Crippen LogP contribution in [0.1, 0.15) is 16.2 Å². The predicted octanol–water partition coefficient (Wildman–Crippen LogP) is 0.141. The quantitative estimate of drug-likeness (QED) is 0.712. The summed E-state index contributed by atoms with van der Waals surface area (Å²) in [5.74, 6) is -1.42. The van der Waals surface area contributed by atoms with Gasteiger partial charge in [0.05, 0.1) is 18.3 Å². The minimum atomic E-state index is -0.968. The molecule has 0 radical (unpaired) electrons. The average molecular weight is 253 g/mol. The third kappa shape index (κ3) is 2.84. The fraction of sp³-hybridized carbons (Fsp3) is 0.125. The van der Waals surface area contributed by atoms with E-state index < -0.39 is 11.9 Å². The van der Waals surface area contributed by atoms with Crippen molar-refractivity contribution in [3.05, 3.63) is 23.0 Å². The molecule has 0 spiro atoms. The lowest BCUT2D eigenvalue weighted by molar-refractivity contribution is -0.136. The maximum Gasteiger partial charge on any atom is 0.309 e. The summed E-state index contributed by atoms with van der Waals surface area (Å²) < 4.78 is 0. The summed E-state index contributed by atoms with van der Waals surface area (Å²) in [6, 6.07) is 0. The van der Waals surface area contributed by atoms with Gasteiger partial charge in [-0.3, -0.25) is 14.9 Å². The van der Waals surface area contributed by atoms with E-state index in [2.05, 4.69) is 25.7 Å². The molecule has 2 aromatic heterocycles. The van der Waals surface area contributed by atoms with Crippen molar-refractivity contribution in [3.63, 3.8) is 0 Å². The van der Waals surface area contributed by atoms with Crippen LogP contribution in [0, 0.1) is 0 Å². The minimum absolute atomic E-state index is 0.139. The molecule has 9 heteroatoms. The van der Waals surface area contributed by atoms with Crippen LogP contribution >= 0.6 is 11.3 Å². The number of thiazole rings is 1. The van der Waals surface area contributed by atoms with Crippen LogP contribution < -0.4 is 5.32 Å². The van der Waals surface area contributed by atoms with Crippen molar-refractivity contribution in [1.82, 2.24) is 20.4 Å². The number of aromatic nitrogens is 4.